The molecule has 23 heavy (non-hydrogen) atoms. The second kappa shape index (κ2) is 8.73. The van der Waals surface area contributed by atoms with E-state index in [-0.39, 0.29) is 19.6 Å². The van der Waals surface area contributed by atoms with Crippen molar-refractivity contribution in [1.29, 1.82) is 0 Å². The smallest absolute Gasteiger partial charge is 0.389 e. The Balaban J connectivity index is 1.76. The molecule has 1 aromatic rings. The van der Waals surface area contributed by atoms with Gasteiger partial charge in [0.05, 0.1) is 19.4 Å². The lowest BCUT2D eigenvalue weighted by Gasteiger charge is -2.12. The van der Waals surface area contributed by atoms with Crippen molar-refractivity contribution in [3.05, 3.63) is 29.8 Å². The van der Waals surface area contributed by atoms with Crippen LogP contribution in [0.5, 0.6) is 5.75 Å². The van der Waals surface area contributed by atoms with Crippen molar-refractivity contribution in [2.75, 3.05) is 26.4 Å². The highest BCUT2D eigenvalue weighted by Crippen LogP contribution is 2.21. The first-order valence-corrected chi connectivity index (χ1v) is 7.22. The molecular weight excluding hydrogens is 315 g/mol. The van der Waals surface area contributed by atoms with Crippen molar-refractivity contribution in [1.82, 2.24) is 0 Å². The monoisotopic (exact) mass is 333 g/mol. The second-order valence-electron chi connectivity index (χ2n) is 4.81. The quantitative estimate of drug-likeness (QED) is 0.417. The molecule has 1 aromatic carbocycles. The highest BCUT2D eigenvalue weighted by molar-refractivity contribution is 5.83. The number of ether oxygens (including phenoxy) is 3. The molecule has 2 rings (SSSR count). The number of benzene rings is 1. The van der Waals surface area contributed by atoms with E-state index in [0.29, 0.717) is 24.5 Å². The fourth-order valence-electron chi connectivity index (χ4n) is 1.86. The maximum absolute atomic E-state index is 12.0. The Bertz CT molecular complexity index is 502. The zero-order valence-corrected chi connectivity index (χ0v) is 12.4. The van der Waals surface area contributed by atoms with Gasteiger partial charge in [-0.15, -0.1) is 0 Å². The van der Waals surface area contributed by atoms with Crippen LogP contribution in [0.2, 0.25) is 0 Å². The Morgan fingerprint density at radius 2 is 1.96 bits per heavy atom. The third-order valence-electron chi connectivity index (χ3n) is 2.95. The molecule has 128 valence electrons. The molecule has 0 bridgehead atoms. The first-order chi connectivity index (χ1) is 11.0. The van der Waals surface area contributed by atoms with Gasteiger partial charge in [-0.2, -0.15) is 13.2 Å². The van der Waals surface area contributed by atoms with Gasteiger partial charge in [-0.1, -0.05) is 17.3 Å². The molecule has 1 fully saturated rings. The van der Waals surface area contributed by atoms with Crippen LogP contribution in [-0.2, 0) is 14.3 Å². The molecule has 0 amide bonds. The summed E-state index contributed by atoms with van der Waals surface area (Å²) in [6.07, 6.45) is -4.17. The van der Waals surface area contributed by atoms with E-state index in [0.717, 1.165) is 0 Å². The lowest BCUT2D eigenvalue weighted by Crippen LogP contribution is -2.18. The summed E-state index contributed by atoms with van der Waals surface area (Å²) in [5.41, 5.74) is 0.654. The SMILES string of the molecule is FC(F)(F)CCCO/N=C/c1ccccc1OCC1OCCO1. The molecule has 1 aliphatic heterocycles. The third kappa shape index (κ3) is 6.87. The van der Waals surface area contributed by atoms with E-state index in [1.807, 2.05) is 0 Å². The maximum atomic E-state index is 12.0. The predicted molar refractivity (Wildman–Crippen MR) is 76.5 cm³/mol. The number of hydrogen-bond acceptors (Lipinski definition) is 5. The third-order valence-corrected chi connectivity index (χ3v) is 2.95. The molecular formula is C15H18F3NO4. The summed E-state index contributed by atoms with van der Waals surface area (Å²) in [7, 11) is 0. The average molecular weight is 333 g/mol. The van der Waals surface area contributed by atoms with Crippen LogP contribution < -0.4 is 4.74 Å². The van der Waals surface area contributed by atoms with Gasteiger partial charge in [0.15, 0.2) is 6.29 Å². The van der Waals surface area contributed by atoms with Gasteiger partial charge >= 0.3 is 6.18 Å². The van der Waals surface area contributed by atoms with Gasteiger partial charge < -0.3 is 19.0 Å². The van der Waals surface area contributed by atoms with Crippen LogP contribution in [0.1, 0.15) is 18.4 Å². The Morgan fingerprint density at radius 3 is 2.70 bits per heavy atom. The van der Waals surface area contributed by atoms with Crippen molar-refractivity contribution in [3.8, 4) is 5.75 Å². The average Bonchev–Trinajstić information content (AvgIpc) is 3.02. The van der Waals surface area contributed by atoms with E-state index in [2.05, 4.69) is 5.16 Å². The summed E-state index contributed by atoms with van der Waals surface area (Å²) in [4.78, 5) is 4.83. The molecule has 5 nitrogen and oxygen atoms in total. The number of para-hydroxylation sites is 1. The second-order valence-corrected chi connectivity index (χ2v) is 4.81. The normalized spacial score (nSPS) is 16.1. The topological polar surface area (TPSA) is 49.3 Å². The van der Waals surface area contributed by atoms with Crippen LogP contribution in [0, 0.1) is 0 Å². The van der Waals surface area contributed by atoms with Crippen LogP contribution in [0.25, 0.3) is 0 Å². The van der Waals surface area contributed by atoms with Gasteiger partial charge in [0, 0.05) is 12.0 Å². The van der Waals surface area contributed by atoms with Gasteiger partial charge in [0.25, 0.3) is 0 Å². The minimum absolute atomic E-state index is 0.0945. The van der Waals surface area contributed by atoms with Crippen LogP contribution in [0.4, 0.5) is 13.2 Å². The van der Waals surface area contributed by atoms with Gasteiger partial charge in [-0.3, -0.25) is 0 Å². The Labute approximate surface area is 132 Å². The molecule has 1 saturated heterocycles. The lowest BCUT2D eigenvalue weighted by atomic mass is 10.2. The highest BCUT2D eigenvalue weighted by Gasteiger charge is 2.26. The molecule has 0 atom stereocenters. The molecule has 8 heteroatoms. The minimum Gasteiger partial charge on any atom is -0.488 e. The zero-order chi connectivity index (χ0) is 16.5. The Morgan fingerprint density at radius 1 is 1.22 bits per heavy atom. The summed E-state index contributed by atoms with van der Waals surface area (Å²) in [6.45, 7) is 1.24. The van der Waals surface area contributed by atoms with E-state index in [4.69, 9.17) is 19.0 Å². The number of nitrogens with zero attached hydrogens (tertiary/aromatic N) is 1. The predicted octanol–water partition coefficient (Wildman–Crippen LogP) is 3.13. The van der Waals surface area contributed by atoms with Gasteiger partial charge in [-0.25, -0.2) is 0 Å². The number of halogens is 3. The van der Waals surface area contributed by atoms with Gasteiger partial charge in [-0.05, 0) is 18.6 Å². The summed E-state index contributed by atoms with van der Waals surface area (Å²) in [5, 5.41) is 3.67. The van der Waals surface area contributed by atoms with Gasteiger partial charge in [0.1, 0.15) is 19.0 Å². The van der Waals surface area contributed by atoms with E-state index in [1.54, 1.807) is 24.3 Å². The summed E-state index contributed by atoms with van der Waals surface area (Å²) >= 11 is 0. The van der Waals surface area contributed by atoms with Crippen LogP contribution in [-0.4, -0.2) is 45.1 Å². The Kier molecular flexibility index (Phi) is 6.66. The van der Waals surface area contributed by atoms with Gasteiger partial charge in [0.2, 0.25) is 0 Å². The lowest BCUT2D eigenvalue weighted by molar-refractivity contribution is -0.137. The highest BCUT2D eigenvalue weighted by atomic mass is 19.4. The first-order valence-electron chi connectivity index (χ1n) is 7.22. The van der Waals surface area contributed by atoms with Crippen LogP contribution in [0.3, 0.4) is 0 Å². The molecule has 0 aromatic heterocycles. The number of oxime groups is 1. The van der Waals surface area contributed by atoms with E-state index in [9.17, 15) is 13.2 Å². The summed E-state index contributed by atoms with van der Waals surface area (Å²) < 4.78 is 52.0. The van der Waals surface area contributed by atoms with Crippen molar-refractivity contribution in [3.63, 3.8) is 0 Å². The Hall–Kier alpha value is -1.80. The molecule has 1 heterocycles. The van der Waals surface area contributed by atoms with Crippen molar-refractivity contribution < 1.29 is 32.2 Å². The maximum Gasteiger partial charge on any atom is 0.389 e. The molecule has 0 radical (unpaired) electrons. The first kappa shape index (κ1) is 17.6. The minimum atomic E-state index is -4.17. The summed E-state index contributed by atoms with van der Waals surface area (Å²) in [6, 6.07) is 7.10. The molecule has 0 N–H and O–H groups in total. The van der Waals surface area contributed by atoms with Crippen LogP contribution in [0.15, 0.2) is 29.4 Å². The molecule has 0 aliphatic carbocycles. The number of hydrogen-bond donors (Lipinski definition) is 0. The zero-order valence-electron chi connectivity index (χ0n) is 12.4. The van der Waals surface area contributed by atoms with E-state index >= 15 is 0 Å². The van der Waals surface area contributed by atoms with E-state index in [1.165, 1.54) is 6.21 Å². The number of rotatable bonds is 8. The summed E-state index contributed by atoms with van der Waals surface area (Å²) in [5.74, 6) is 0.564. The fourth-order valence-corrected chi connectivity index (χ4v) is 1.86. The molecule has 0 unspecified atom stereocenters. The largest absolute Gasteiger partial charge is 0.488 e. The van der Waals surface area contributed by atoms with E-state index < -0.39 is 18.9 Å². The van der Waals surface area contributed by atoms with Crippen LogP contribution >= 0.6 is 0 Å². The molecule has 1 aliphatic rings. The standard InChI is InChI=1S/C15H18F3NO4/c16-15(17,18)6-3-7-23-19-10-12-4-1-2-5-13(12)22-11-14-20-8-9-21-14/h1-2,4-5,10,14H,3,6-9,11H2/b19-10+. The fraction of sp³-hybridized carbons (Fsp3) is 0.533. The molecule has 0 spiro atoms. The van der Waals surface area contributed by atoms with Crippen molar-refractivity contribution in [2.45, 2.75) is 25.3 Å². The van der Waals surface area contributed by atoms with Crippen molar-refractivity contribution in [2.24, 2.45) is 5.16 Å². The van der Waals surface area contributed by atoms with Crippen molar-refractivity contribution >= 4 is 6.21 Å². The number of alkyl halides is 3. The molecule has 0 saturated carbocycles.